The highest BCUT2D eigenvalue weighted by Crippen LogP contribution is 2.24. The molecule has 3 rings (SSSR count). The molecule has 5 nitrogen and oxygen atoms in total. The van der Waals surface area contributed by atoms with E-state index in [0.29, 0.717) is 17.0 Å². The zero-order chi connectivity index (χ0) is 10.4. The summed E-state index contributed by atoms with van der Waals surface area (Å²) >= 11 is 0. The molecule has 1 heterocycles. The highest BCUT2D eigenvalue weighted by molar-refractivity contribution is 5.85. The first-order valence-electron chi connectivity index (χ1n) is 4.47. The molecule has 0 aromatic heterocycles. The molecule has 15 heavy (non-hydrogen) atoms. The normalized spacial score (nSPS) is 18.1. The smallest absolute Gasteiger partial charge is 0.226 e. The molecular weight excluding hydrogens is 194 g/mol. The average Bonchev–Trinajstić information content (AvgIpc) is 2.55. The predicted molar refractivity (Wildman–Crippen MR) is 53.2 cm³/mol. The Labute approximate surface area is 85.2 Å². The summed E-state index contributed by atoms with van der Waals surface area (Å²) < 4.78 is 0. The van der Waals surface area contributed by atoms with Crippen LogP contribution in [-0.2, 0) is 9.68 Å². The first-order chi connectivity index (χ1) is 7.29. The highest BCUT2D eigenvalue weighted by Gasteiger charge is 2.27. The third kappa shape index (κ3) is 0.949. The van der Waals surface area contributed by atoms with Gasteiger partial charge in [0, 0.05) is 16.1 Å². The molecule has 0 spiro atoms. The van der Waals surface area contributed by atoms with Gasteiger partial charge in [-0.05, 0) is 0 Å². The molecule has 5 N–H and O–H groups in total. The van der Waals surface area contributed by atoms with E-state index >= 15 is 0 Å². The monoisotopic (exact) mass is 203 g/mol. The van der Waals surface area contributed by atoms with Gasteiger partial charge in [-0.2, -0.15) is 0 Å². The first kappa shape index (κ1) is 8.19. The molecule has 2 aliphatic rings. The number of rotatable bonds is 0. The third-order valence-electron chi connectivity index (χ3n) is 2.50. The van der Waals surface area contributed by atoms with Gasteiger partial charge >= 0.3 is 0 Å². The Morgan fingerprint density at radius 1 is 1.00 bits per heavy atom. The van der Waals surface area contributed by atoms with E-state index in [9.17, 15) is 0 Å². The molecule has 0 fully saturated rings. The second kappa shape index (κ2) is 2.68. The lowest BCUT2D eigenvalue weighted by Gasteiger charge is -2.18. The standard InChI is InChI=1S/C10H9N3O2/c11-8-5-3-1-2-4-6(5)9-7(8)10(12)15-13-14-9/h1-4,13H,11-12H2. The third-order valence-corrected chi connectivity index (χ3v) is 2.50. The zero-order valence-electron chi connectivity index (χ0n) is 7.78. The van der Waals surface area contributed by atoms with Gasteiger partial charge in [0.2, 0.25) is 5.88 Å². The number of hydrogen-bond donors (Lipinski definition) is 3. The molecule has 0 amide bonds. The highest BCUT2D eigenvalue weighted by atomic mass is 16.9. The van der Waals surface area contributed by atoms with Crippen molar-refractivity contribution >= 4 is 11.5 Å². The summed E-state index contributed by atoms with van der Waals surface area (Å²) in [6, 6.07) is 7.66. The largest absolute Gasteiger partial charge is 0.397 e. The lowest BCUT2D eigenvalue weighted by atomic mass is 10.2. The average molecular weight is 203 g/mol. The second-order valence-electron chi connectivity index (χ2n) is 3.32. The summed E-state index contributed by atoms with van der Waals surface area (Å²) in [5, 5.41) is 1.83. The van der Waals surface area contributed by atoms with Gasteiger partial charge in [0.15, 0.2) is 5.76 Å². The Bertz CT molecular complexity index is 589. The van der Waals surface area contributed by atoms with Crippen LogP contribution in [0.3, 0.4) is 0 Å². The molecule has 1 aromatic rings. The number of nitrogens with one attached hydrogen (secondary N) is 1. The van der Waals surface area contributed by atoms with Crippen LogP contribution in [0.5, 0.6) is 0 Å². The Morgan fingerprint density at radius 3 is 2.53 bits per heavy atom. The summed E-state index contributed by atoms with van der Waals surface area (Å²) in [6.07, 6.45) is 0. The molecule has 1 aromatic carbocycles. The van der Waals surface area contributed by atoms with Gasteiger partial charge in [-0.15, -0.1) is 0 Å². The van der Waals surface area contributed by atoms with Gasteiger partial charge in [0.1, 0.15) is 5.57 Å². The maximum Gasteiger partial charge on any atom is 0.226 e. The molecule has 0 saturated carbocycles. The van der Waals surface area contributed by atoms with Crippen molar-refractivity contribution in [3.8, 4) is 0 Å². The fraction of sp³-hybridized carbons (Fsp3) is 0. The number of nitrogens with two attached hydrogens (primary N) is 2. The minimum absolute atomic E-state index is 0.227. The Kier molecular flexibility index (Phi) is 1.46. The summed E-state index contributed by atoms with van der Waals surface area (Å²) in [7, 11) is 0. The van der Waals surface area contributed by atoms with Gasteiger partial charge in [0.05, 0.1) is 5.70 Å². The van der Waals surface area contributed by atoms with Gasteiger partial charge in [-0.3, -0.25) is 0 Å². The minimum Gasteiger partial charge on any atom is -0.397 e. The van der Waals surface area contributed by atoms with Crippen molar-refractivity contribution in [2.45, 2.75) is 0 Å². The molecule has 5 heteroatoms. The van der Waals surface area contributed by atoms with Crippen molar-refractivity contribution in [1.82, 2.24) is 5.64 Å². The van der Waals surface area contributed by atoms with E-state index in [4.69, 9.17) is 21.1 Å². The molecule has 0 unspecified atom stereocenters. The molecule has 0 radical (unpaired) electrons. The van der Waals surface area contributed by atoms with Crippen LogP contribution in [0.4, 0.5) is 0 Å². The van der Waals surface area contributed by atoms with Crippen LogP contribution < -0.4 is 27.5 Å². The van der Waals surface area contributed by atoms with Gasteiger partial charge in [-0.25, -0.2) is 0 Å². The van der Waals surface area contributed by atoms with Crippen LogP contribution in [0.25, 0.3) is 11.5 Å². The topological polar surface area (TPSA) is 82.5 Å². The van der Waals surface area contributed by atoms with E-state index < -0.39 is 0 Å². The summed E-state index contributed by atoms with van der Waals surface area (Å²) in [4.78, 5) is 10.0. The molecule has 76 valence electrons. The molecule has 0 atom stereocenters. The molecule has 1 aliphatic heterocycles. The second-order valence-corrected chi connectivity index (χ2v) is 3.32. The van der Waals surface area contributed by atoms with Crippen molar-refractivity contribution in [3.63, 3.8) is 0 Å². The van der Waals surface area contributed by atoms with Crippen molar-refractivity contribution in [2.75, 3.05) is 0 Å². The molecular formula is C10H9N3O2. The van der Waals surface area contributed by atoms with E-state index in [1.165, 1.54) is 0 Å². The summed E-state index contributed by atoms with van der Waals surface area (Å²) in [6.45, 7) is 0. The number of hydrogen-bond acceptors (Lipinski definition) is 5. The lowest BCUT2D eigenvalue weighted by molar-refractivity contribution is -0.103. The van der Waals surface area contributed by atoms with Crippen LogP contribution in [0, 0.1) is 0 Å². The maximum atomic E-state index is 5.96. The SMILES string of the molecule is NC1=C2C(N)=c3ccccc3=C2ONO1. The van der Waals surface area contributed by atoms with Crippen molar-refractivity contribution in [1.29, 1.82) is 0 Å². The van der Waals surface area contributed by atoms with Gasteiger partial charge in [-0.1, -0.05) is 24.3 Å². The Hall–Kier alpha value is -2.14. The number of fused-ring (bicyclic) bond motifs is 2. The van der Waals surface area contributed by atoms with Crippen LogP contribution in [0.15, 0.2) is 35.7 Å². The quantitative estimate of drug-likeness (QED) is 0.478. The maximum absolute atomic E-state index is 5.96. The van der Waals surface area contributed by atoms with Crippen molar-refractivity contribution in [2.24, 2.45) is 11.5 Å². The van der Waals surface area contributed by atoms with Gasteiger partial charge < -0.3 is 21.1 Å². The van der Waals surface area contributed by atoms with Crippen LogP contribution in [0.2, 0.25) is 0 Å². The molecule has 1 aliphatic carbocycles. The first-order valence-corrected chi connectivity index (χ1v) is 4.47. The van der Waals surface area contributed by atoms with Crippen molar-refractivity contribution in [3.05, 3.63) is 46.2 Å². The Morgan fingerprint density at radius 2 is 1.73 bits per heavy atom. The Balaban J connectivity index is 2.50. The van der Waals surface area contributed by atoms with E-state index in [1.54, 1.807) is 0 Å². The van der Waals surface area contributed by atoms with Crippen LogP contribution >= 0.6 is 0 Å². The van der Waals surface area contributed by atoms with E-state index in [-0.39, 0.29) is 5.88 Å². The number of benzene rings is 1. The van der Waals surface area contributed by atoms with E-state index in [0.717, 1.165) is 10.4 Å². The van der Waals surface area contributed by atoms with Crippen LogP contribution in [0.1, 0.15) is 0 Å². The fourth-order valence-corrected chi connectivity index (χ4v) is 1.82. The molecule has 0 saturated heterocycles. The van der Waals surface area contributed by atoms with Crippen LogP contribution in [-0.4, -0.2) is 0 Å². The zero-order valence-corrected chi connectivity index (χ0v) is 7.78. The summed E-state index contributed by atoms with van der Waals surface area (Å²) in [5.74, 6) is 0.844. The predicted octanol–water partition coefficient (Wildman–Crippen LogP) is -1.49. The lowest BCUT2D eigenvalue weighted by Crippen LogP contribution is -2.29. The van der Waals surface area contributed by atoms with Gasteiger partial charge in [0.25, 0.3) is 0 Å². The fourth-order valence-electron chi connectivity index (χ4n) is 1.82. The molecule has 0 bridgehead atoms. The van der Waals surface area contributed by atoms with E-state index in [1.807, 2.05) is 24.3 Å². The summed E-state index contributed by atoms with van der Waals surface area (Å²) in [5.41, 5.74) is 15.1. The van der Waals surface area contributed by atoms with Crippen molar-refractivity contribution < 1.29 is 9.68 Å². The van der Waals surface area contributed by atoms with E-state index in [2.05, 4.69) is 5.64 Å². The minimum atomic E-state index is 0.227.